The first-order valence-corrected chi connectivity index (χ1v) is 45.7. The van der Waals surface area contributed by atoms with E-state index in [0.29, 0.717) is 31.6 Å². The van der Waals surface area contributed by atoms with E-state index >= 15 is 0 Å². The van der Waals surface area contributed by atoms with Gasteiger partial charge in [-0.2, -0.15) is 0 Å². The van der Waals surface area contributed by atoms with Gasteiger partial charge in [-0.15, -0.1) is 0 Å². The minimum Gasteiger partial charge on any atom is -0.462 e. The molecule has 606 valence electrons. The lowest BCUT2D eigenvalue weighted by Crippen LogP contribution is -2.30. The molecule has 0 amide bonds. The second kappa shape index (κ2) is 72.0. The van der Waals surface area contributed by atoms with Crippen molar-refractivity contribution < 1.29 is 80.2 Å². The van der Waals surface area contributed by atoms with E-state index in [-0.39, 0.29) is 25.7 Å². The summed E-state index contributed by atoms with van der Waals surface area (Å²) in [5.41, 5.74) is 0. The third-order valence-corrected chi connectivity index (χ3v) is 21.2. The van der Waals surface area contributed by atoms with Crippen LogP contribution >= 0.6 is 15.6 Å². The molecule has 5 atom stereocenters. The second-order valence-electron chi connectivity index (χ2n) is 31.8. The average molecular weight is 1490 g/mol. The lowest BCUT2D eigenvalue weighted by molar-refractivity contribution is -0.161. The third-order valence-electron chi connectivity index (χ3n) is 19.3. The van der Waals surface area contributed by atoms with E-state index in [9.17, 15) is 43.2 Å². The first-order chi connectivity index (χ1) is 49.1. The summed E-state index contributed by atoms with van der Waals surface area (Å²) in [6, 6.07) is 0. The third kappa shape index (κ3) is 76.3. The molecule has 0 spiro atoms. The van der Waals surface area contributed by atoms with Gasteiger partial charge in [0.2, 0.25) is 0 Å². The summed E-state index contributed by atoms with van der Waals surface area (Å²) in [4.78, 5) is 73.1. The van der Waals surface area contributed by atoms with Gasteiger partial charge in [0.15, 0.2) is 12.2 Å². The number of hydrogen-bond donors (Lipinski definition) is 3. The zero-order chi connectivity index (χ0) is 75.3. The maximum Gasteiger partial charge on any atom is 0.472 e. The average Bonchev–Trinajstić information content (AvgIpc) is 0.909. The SMILES string of the molecule is CC(C)CCCCCCCCCCCCCCCCCC(=O)OC[C@H](COP(=O)(O)OCC(O)COP(=O)(O)OC[C@@H](COC(=O)CCCCCCCCCC(C)C)OC(=O)CCCCCCCCCCCCCCCCCC(C)C)OC(=O)CCCCCCCCCCCCCCCC(C)C. The van der Waals surface area contributed by atoms with Crippen LogP contribution in [0.1, 0.15) is 428 Å². The number of carbonyl (C=O) groups is 4. The van der Waals surface area contributed by atoms with Crippen molar-refractivity contribution in [3.8, 4) is 0 Å². The second-order valence-corrected chi connectivity index (χ2v) is 34.7. The molecule has 0 radical (unpaired) electrons. The van der Waals surface area contributed by atoms with Crippen LogP contribution in [0.3, 0.4) is 0 Å². The quantitative estimate of drug-likeness (QED) is 0.0222. The molecular weight excluding hydrogens is 1330 g/mol. The highest BCUT2D eigenvalue weighted by atomic mass is 31.2. The van der Waals surface area contributed by atoms with E-state index in [0.717, 1.165) is 114 Å². The molecular formula is C83H162O17P2. The van der Waals surface area contributed by atoms with E-state index in [4.69, 9.17) is 37.0 Å². The zero-order valence-corrected chi connectivity index (χ0v) is 69.0. The number of rotatable bonds is 80. The van der Waals surface area contributed by atoms with Crippen LogP contribution in [0.15, 0.2) is 0 Å². The monoisotopic (exact) mass is 1490 g/mol. The summed E-state index contributed by atoms with van der Waals surface area (Å²) in [5.74, 6) is 0.989. The van der Waals surface area contributed by atoms with Gasteiger partial charge in [-0.25, -0.2) is 9.13 Å². The number of aliphatic hydroxyl groups excluding tert-OH is 1. The molecule has 0 aliphatic rings. The van der Waals surface area contributed by atoms with Gasteiger partial charge in [0.25, 0.3) is 0 Å². The van der Waals surface area contributed by atoms with E-state index < -0.39 is 97.5 Å². The van der Waals surface area contributed by atoms with Gasteiger partial charge in [-0.05, 0) is 49.4 Å². The Bertz CT molecular complexity index is 1990. The van der Waals surface area contributed by atoms with Crippen molar-refractivity contribution in [1.29, 1.82) is 0 Å². The van der Waals surface area contributed by atoms with Gasteiger partial charge in [0.05, 0.1) is 26.4 Å². The Balaban J connectivity index is 5.23. The largest absolute Gasteiger partial charge is 0.472 e. The van der Waals surface area contributed by atoms with Gasteiger partial charge in [0.1, 0.15) is 19.3 Å². The normalized spacial score (nSPS) is 14.0. The molecule has 0 aliphatic carbocycles. The molecule has 0 rings (SSSR count). The summed E-state index contributed by atoms with van der Waals surface area (Å²) in [5, 5.41) is 10.7. The molecule has 0 aromatic carbocycles. The van der Waals surface area contributed by atoms with Crippen molar-refractivity contribution in [2.24, 2.45) is 23.7 Å². The maximum absolute atomic E-state index is 13.1. The highest BCUT2D eigenvalue weighted by Gasteiger charge is 2.30. The van der Waals surface area contributed by atoms with Crippen LogP contribution in [0, 0.1) is 23.7 Å². The van der Waals surface area contributed by atoms with Crippen molar-refractivity contribution in [3.05, 3.63) is 0 Å². The van der Waals surface area contributed by atoms with E-state index in [1.165, 1.54) is 225 Å². The maximum atomic E-state index is 13.1. The number of esters is 4. The van der Waals surface area contributed by atoms with Crippen LogP contribution in [0.2, 0.25) is 0 Å². The molecule has 0 fully saturated rings. The van der Waals surface area contributed by atoms with Crippen LogP contribution in [0.25, 0.3) is 0 Å². The first-order valence-electron chi connectivity index (χ1n) is 42.7. The van der Waals surface area contributed by atoms with E-state index in [2.05, 4.69) is 55.4 Å². The Morgan fingerprint density at radius 1 is 0.245 bits per heavy atom. The molecule has 0 heterocycles. The molecule has 17 nitrogen and oxygen atoms in total. The molecule has 19 heteroatoms. The number of ether oxygens (including phenoxy) is 4. The molecule has 0 aromatic heterocycles. The fourth-order valence-electron chi connectivity index (χ4n) is 12.8. The summed E-state index contributed by atoms with van der Waals surface area (Å²) >= 11 is 0. The van der Waals surface area contributed by atoms with Gasteiger partial charge >= 0.3 is 39.5 Å². The van der Waals surface area contributed by atoms with Crippen LogP contribution in [-0.2, 0) is 65.4 Å². The smallest absolute Gasteiger partial charge is 0.462 e. The number of aliphatic hydroxyl groups is 1. The Kier molecular flexibility index (Phi) is 70.6. The summed E-state index contributed by atoms with van der Waals surface area (Å²) in [6.45, 7) is 14.3. The molecule has 0 aliphatic heterocycles. The number of phosphoric acid groups is 2. The summed E-state index contributed by atoms with van der Waals surface area (Å²) in [7, 11) is -9.93. The standard InChI is InChI=1S/C83H162O17P2/c1-73(2)59-51-43-35-28-22-16-11-9-13-19-25-31-39-47-55-63-80(85)93-69-78(99-82(87)66-58-50-41-33-27-21-15-18-24-30-37-45-53-61-75(5)6)71-97-101(89,90)95-67-77(84)68-96-102(91,92)98-72-79(70-94-81(86)64-56-48-42-34-38-46-54-62-76(7)8)100-83(88)65-57-49-40-32-26-20-14-10-12-17-23-29-36-44-52-60-74(3)4/h73-79,84H,9-72H2,1-8H3,(H,89,90)(H,91,92)/t77?,78-,79-/m1/s1. The highest BCUT2D eigenvalue weighted by molar-refractivity contribution is 7.47. The predicted molar refractivity (Wildman–Crippen MR) is 418 cm³/mol. The molecule has 0 saturated heterocycles. The van der Waals surface area contributed by atoms with Crippen molar-refractivity contribution >= 4 is 39.5 Å². The number of hydrogen-bond acceptors (Lipinski definition) is 15. The predicted octanol–water partition coefficient (Wildman–Crippen LogP) is 24.8. The van der Waals surface area contributed by atoms with Gasteiger partial charge in [-0.3, -0.25) is 37.3 Å². The van der Waals surface area contributed by atoms with Gasteiger partial charge in [0, 0.05) is 25.7 Å². The van der Waals surface area contributed by atoms with Crippen LogP contribution in [0.5, 0.6) is 0 Å². The number of phosphoric ester groups is 2. The van der Waals surface area contributed by atoms with Crippen LogP contribution < -0.4 is 0 Å². The Morgan fingerprint density at radius 3 is 0.608 bits per heavy atom. The fourth-order valence-corrected chi connectivity index (χ4v) is 14.4. The number of unbranched alkanes of at least 4 members (excludes halogenated alkanes) is 46. The highest BCUT2D eigenvalue weighted by Crippen LogP contribution is 2.45. The topological polar surface area (TPSA) is 237 Å². The van der Waals surface area contributed by atoms with Gasteiger partial charge in [-0.1, -0.05) is 376 Å². The summed E-state index contributed by atoms with van der Waals surface area (Å²) < 4.78 is 68.8. The van der Waals surface area contributed by atoms with Crippen molar-refractivity contribution in [2.75, 3.05) is 39.6 Å². The van der Waals surface area contributed by atoms with Gasteiger partial charge < -0.3 is 33.8 Å². The molecule has 102 heavy (non-hydrogen) atoms. The molecule has 0 saturated carbocycles. The summed E-state index contributed by atoms with van der Waals surface area (Å²) in [6.07, 6.45) is 59.7. The van der Waals surface area contributed by atoms with Crippen molar-refractivity contribution in [2.45, 2.75) is 446 Å². The molecule has 3 N–H and O–H groups in total. The molecule has 0 bridgehead atoms. The Morgan fingerprint density at radius 2 is 0.412 bits per heavy atom. The number of carbonyl (C=O) groups excluding carboxylic acids is 4. The Labute approximate surface area is 626 Å². The first kappa shape index (κ1) is 100. The minimum absolute atomic E-state index is 0.107. The molecule has 3 unspecified atom stereocenters. The fraction of sp³-hybridized carbons (Fsp3) is 0.952. The van der Waals surface area contributed by atoms with Crippen molar-refractivity contribution in [3.63, 3.8) is 0 Å². The van der Waals surface area contributed by atoms with Crippen molar-refractivity contribution in [1.82, 2.24) is 0 Å². The zero-order valence-electron chi connectivity index (χ0n) is 67.2. The van der Waals surface area contributed by atoms with E-state index in [1.807, 2.05) is 0 Å². The lowest BCUT2D eigenvalue weighted by atomic mass is 10.0. The van der Waals surface area contributed by atoms with Crippen LogP contribution in [-0.4, -0.2) is 96.7 Å². The van der Waals surface area contributed by atoms with E-state index in [1.54, 1.807) is 0 Å². The Hall–Kier alpha value is -1.94. The lowest BCUT2D eigenvalue weighted by Gasteiger charge is -2.21. The minimum atomic E-state index is -4.96. The molecule has 0 aromatic rings. The van der Waals surface area contributed by atoms with Crippen LogP contribution in [0.4, 0.5) is 0 Å².